The Labute approximate surface area is 270 Å². The molecular weight excluding hydrogens is 604 g/mol. The van der Waals surface area contributed by atoms with E-state index in [4.69, 9.17) is 9.47 Å². The van der Waals surface area contributed by atoms with Gasteiger partial charge in [-0.1, -0.05) is 90.6 Å². The van der Waals surface area contributed by atoms with Crippen LogP contribution >= 0.6 is 11.8 Å². The summed E-state index contributed by atoms with van der Waals surface area (Å²) in [5.74, 6) is 0.739. The fourth-order valence-electron chi connectivity index (χ4n) is 5.03. The highest BCUT2D eigenvalue weighted by atomic mass is 32.2. The number of nitrogens with one attached hydrogen (secondary N) is 2. The van der Waals surface area contributed by atoms with Gasteiger partial charge in [-0.05, 0) is 56.9 Å². The molecule has 0 bridgehead atoms. The van der Waals surface area contributed by atoms with Gasteiger partial charge in [0.1, 0.15) is 5.75 Å². The highest BCUT2D eigenvalue weighted by Gasteiger charge is 2.32. The molecule has 236 valence electrons. The lowest BCUT2D eigenvalue weighted by Gasteiger charge is -2.36. The summed E-state index contributed by atoms with van der Waals surface area (Å²) in [5.41, 5.74) is 5.40. The number of thioether (sulfide) groups is 1. The molecule has 5 aromatic rings. The van der Waals surface area contributed by atoms with E-state index in [0.717, 1.165) is 33.5 Å². The molecule has 4 N–H and O–H groups in total. The Balaban J connectivity index is 1.11. The lowest BCUT2D eigenvalue weighted by Crippen LogP contribution is -2.34. The van der Waals surface area contributed by atoms with Gasteiger partial charge in [0, 0.05) is 30.8 Å². The molecule has 4 aromatic carbocycles. The molecule has 2 amide bonds. The number of urea groups is 1. The third kappa shape index (κ3) is 8.09. The number of carbonyl (C=O) groups excluding carboxylic acids is 1. The van der Waals surface area contributed by atoms with Crippen molar-refractivity contribution >= 4 is 17.8 Å². The SMILES string of the molecule is O=C(NCc1ccccc1)NCc1ccc([C@@H]2O[C@H](CSc3nnnn3-c3ccc(O)cc3)C[C@H](c3ccc(CO)cc3)O2)cc1. The maximum absolute atomic E-state index is 12.3. The van der Waals surface area contributed by atoms with Gasteiger partial charge in [0.2, 0.25) is 5.16 Å². The molecule has 0 saturated carbocycles. The number of nitrogens with zero attached hydrogens (tertiary/aromatic N) is 4. The van der Waals surface area contributed by atoms with Crippen LogP contribution in [-0.2, 0) is 29.2 Å². The van der Waals surface area contributed by atoms with Crippen LogP contribution in [0.2, 0.25) is 0 Å². The predicted octanol–water partition coefficient (Wildman–Crippen LogP) is 5.20. The number of hydrogen-bond donors (Lipinski definition) is 4. The number of aromatic hydroxyl groups is 1. The molecule has 1 saturated heterocycles. The summed E-state index contributed by atoms with van der Waals surface area (Å²) < 4.78 is 14.6. The molecule has 3 atom stereocenters. The third-order valence-corrected chi connectivity index (χ3v) is 8.60. The first kappa shape index (κ1) is 31.2. The van der Waals surface area contributed by atoms with Crippen molar-refractivity contribution in [3.8, 4) is 11.4 Å². The van der Waals surface area contributed by atoms with Gasteiger partial charge in [-0.25, -0.2) is 4.79 Å². The zero-order chi connectivity index (χ0) is 31.7. The van der Waals surface area contributed by atoms with Crippen LogP contribution in [0.15, 0.2) is 108 Å². The highest BCUT2D eigenvalue weighted by Crippen LogP contribution is 2.39. The molecule has 1 aliphatic rings. The number of phenols is 1. The molecule has 1 aliphatic heterocycles. The Morgan fingerprint density at radius 1 is 0.826 bits per heavy atom. The number of amides is 2. The van der Waals surface area contributed by atoms with Crippen LogP contribution in [-0.4, -0.2) is 48.3 Å². The maximum Gasteiger partial charge on any atom is 0.315 e. The fourth-order valence-corrected chi connectivity index (χ4v) is 5.94. The number of aromatic nitrogens is 4. The second-order valence-corrected chi connectivity index (χ2v) is 11.8. The number of carbonyl (C=O) groups is 1. The smallest absolute Gasteiger partial charge is 0.315 e. The molecule has 0 aliphatic carbocycles. The summed E-state index contributed by atoms with van der Waals surface area (Å²) >= 11 is 1.48. The third-order valence-electron chi connectivity index (χ3n) is 7.55. The fraction of sp³-hybridized carbons (Fsp3) is 0.235. The van der Waals surface area contributed by atoms with E-state index in [1.54, 1.807) is 28.9 Å². The Hall–Kier alpha value is -4.75. The zero-order valence-electron chi connectivity index (χ0n) is 24.9. The van der Waals surface area contributed by atoms with E-state index in [0.29, 0.717) is 30.4 Å². The monoisotopic (exact) mass is 638 g/mol. The van der Waals surface area contributed by atoms with Gasteiger partial charge in [-0.15, -0.1) is 5.10 Å². The van der Waals surface area contributed by atoms with Crippen molar-refractivity contribution in [1.29, 1.82) is 0 Å². The van der Waals surface area contributed by atoms with Crippen LogP contribution in [0.5, 0.6) is 5.75 Å². The molecular formula is C34H34N6O5S. The molecule has 0 unspecified atom stereocenters. The van der Waals surface area contributed by atoms with Gasteiger partial charge in [0.25, 0.3) is 0 Å². The van der Waals surface area contributed by atoms with Crippen LogP contribution < -0.4 is 10.6 Å². The van der Waals surface area contributed by atoms with Crippen molar-refractivity contribution in [3.63, 3.8) is 0 Å². The van der Waals surface area contributed by atoms with Crippen molar-refractivity contribution in [3.05, 3.63) is 131 Å². The highest BCUT2D eigenvalue weighted by molar-refractivity contribution is 7.99. The van der Waals surface area contributed by atoms with Gasteiger partial charge < -0.3 is 30.3 Å². The summed E-state index contributed by atoms with van der Waals surface area (Å²) in [4.78, 5) is 12.3. The molecule has 12 heteroatoms. The number of aliphatic hydroxyl groups excluding tert-OH is 1. The normalized spacial score (nSPS) is 17.8. The molecule has 2 heterocycles. The Bertz CT molecular complexity index is 1700. The first-order chi connectivity index (χ1) is 22.5. The minimum absolute atomic E-state index is 0.0254. The largest absolute Gasteiger partial charge is 0.508 e. The van der Waals surface area contributed by atoms with E-state index >= 15 is 0 Å². The molecule has 0 radical (unpaired) electrons. The first-order valence-electron chi connectivity index (χ1n) is 14.9. The van der Waals surface area contributed by atoms with Crippen LogP contribution in [0.4, 0.5) is 4.79 Å². The van der Waals surface area contributed by atoms with Gasteiger partial charge in [0.05, 0.1) is 24.5 Å². The molecule has 1 fully saturated rings. The number of ether oxygens (including phenoxy) is 2. The molecule has 1 aromatic heterocycles. The lowest BCUT2D eigenvalue weighted by atomic mass is 10.0. The van der Waals surface area contributed by atoms with Crippen molar-refractivity contribution in [2.45, 2.75) is 49.8 Å². The van der Waals surface area contributed by atoms with Crippen LogP contribution in [0.3, 0.4) is 0 Å². The Kier molecular flexibility index (Phi) is 10.2. The summed E-state index contributed by atoms with van der Waals surface area (Å²) in [6.07, 6.45) is -0.431. The Morgan fingerprint density at radius 3 is 2.17 bits per heavy atom. The van der Waals surface area contributed by atoms with Crippen molar-refractivity contribution in [2.24, 2.45) is 0 Å². The van der Waals surface area contributed by atoms with Crippen molar-refractivity contribution in [2.75, 3.05) is 5.75 Å². The summed E-state index contributed by atoms with van der Waals surface area (Å²) in [6, 6.07) is 31.8. The molecule has 46 heavy (non-hydrogen) atoms. The number of hydrogen-bond acceptors (Lipinski definition) is 9. The van der Waals surface area contributed by atoms with E-state index in [1.807, 2.05) is 78.9 Å². The van der Waals surface area contributed by atoms with Crippen LogP contribution in [0.1, 0.15) is 46.6 Å². The van der Waals surface area contributed by atoms with E-state index in [2.05, 4.69) is 26.2 Å². The van der Waals surface area contributed by atoms with E-state index in [9.17, 15) is 15.0 Å². The topological polar surface area (TPSA) is 144 Å². The minimum atomic E-state index is -0.619. The Morgan fingerprint density at radius 2 is 1.48 bits per heavy atom. The second-order valence-electron chi connectivity index (χ2n) is 10.8. The lowest BCUT2D eigenvalue weighted by molar-refractivity contribution is -0.245. The van der Waals surface area contributed by atoms with E-state index in [-0.39, 0.29) is 30.6 Å². The van der Waals surface area contributed by atoms with Gasteiger partial charge >= 0.3 is 6.03 Å². The zero-order valence-corrected chi connectivity index (χ0v) is 25.7. The number of benzene rings is 4. The quantitative estimate of drug-likeness (QED) is 0.144. The standard InChI is InChI=1S/C34H34N6O5S/c41-21-25-8-10-26(11-9-25)31-18-30(22-46-34-37-38-39-40(34)28-14-16-29(42)17-15-28)44-32(45-31)27-12-6-24(7-13-27)20-36-33(43)35-19-23-4-2-1-3-5-23/h1-17,30-32,41-42H,18-22H2,(H2,35,36,43)/t30-,31+,32+/m0/s1. The van der Waals surface area contributed by atoms with Crippen LogP contribution in [0, 0.1) is 0 Å². The van der Waals surface area contributed by atoms with Crippen molar-refractivity contribution < 1.29 is 24.5 Å². The summed E-state index contributed by atoms with van der Waals surface area (Å²) in [7, 11) is 0. The van der Waals surface area contributed by atoms with Gasteiger partial charge in [-0.3, -0.25) is 0 Å². The average molecular weight is 639 g/mol. The van der Waals surface area contributed by atoms with Gasteiger partial charge in [-0.2, -0.15) is 4.68 Å². The maximum atomic E-state index is 12.3. The van der Waals surface area contributed by atoms with Gasteiger partial charge in [0.15, 0.2) is 6.29 Å². The second kappa shape index (κ2) is 15.0. The summed E-state index contributed by atoms with van der Waals surface area (Å²) in [5, 5.41) is 37.7. The number of rotatable bonds is 11. The molecule has 0 spiro atoms. The molecule has 11 nitrogen and oxygen atoms in total. The number of tetrazole rings is 1. The number of aliphatic hydroxyl groups is 1. The predicted molar refractivity (Wildman–Crippen MR) is 172 cm³/mol. The van der Waals surface area contributed by atoms with E-state index in [1.165, 1.54) is 11.8 Å². The molecule has 6 rings (SSSR count). The van der Waals surface area contributed by atoms with Crippen LogP contribution in [0.25, 0.3) is 5.69 Å². The first-order valence-corrected chi connectivity index (χ1v) is 15.9. The number of phenolic OH excluding ortho intramolecular Hbond substituents is 1. The van der Waals surface area contributed by atoms with E-state index < -0.39 is 6.29 Å². The van der Waals surface area contributed by atoms with Crippen molar-refractivity contribution in [1.82, 2.24) is 30.8 Å². The average Bonchev–Trinajstić information content (AvgIpc) is 3.58. The minimum Gasteiger partial charge on any atom is -0.508 e. The summed E-state index contributed by atoms with van der Waals surface area (Å²) in [6.45, 7) is 0.807.